The normalized spacial score (nSPS) is 23.9. The first-order valence-corrected chi connectivity index (χ1v) is 24.2. The molecule has 0 saturated heterocycles. The van der Waals surface area contributed by atoms with Crippen molar-refractivity contribution in [3.05, 3.63) is 76.9 Å². The fourth-order valence-corrected chi connectivity index (χ4v) is 11.6. The van der Waals surface area contributed by atoms with Gasteiger partial charge in [0.05, 0.1) is 35.6 Å². The Morgan fingerprint density at radius 3 is 2.08 bits per heavy atom. The van der Waals surface area contributed by atoms with E-state index >= 15 is 0 Å². The summed E-state index contributed by atoms with van der Waals surface area (Å²) in [5, 5.41) is 43.9. The molecule has 1 heterocycles. The minimum atomic E-state index is -5.54. The molecule has 2 fully saturated rings. The number of hydrogen-bond acceptors (Lipinski definition) is 7. The predicted octanol–water partition coefficient (Wildman–Crippen LogP) is 11.6. The second-order valence-electron chi connectivity index (χ2n) is 19.7. The summed E-state index contributed by atoms with van der Waals surface area (Å²) in [5.41, 5.74) is 4.32. The lowest BCUT2D eigenvalue weighted by Crippen LogP contribution is -2.47. The zero-order chi connectivity index (χ0) is 46.2. The van der Waals surface area contributed by atoms with E-state index in [2.05, 4.69) is 35.2 Å². The third-order valence-corrected chi connectivity index (χ3v) is 15.9. The average Bonchev–Trinajstić information content (AvgIpc) is 3.86. The van der Waals surface area contributed by atoms with Gasteiger partial charge in [-0.15, -0.1) is 0 Å². The van der Waals surface area contributed by atoms with Gasteiger partial charge in [-0.25, -0.2) is 9.67 Å². The van der Waals surface area contributed by atoms with Crippen LogP contribution in [0.25, 0.3) is 0 Å². The molecule has 3 aliphatic carbocycles. The number of aromatic nitrogens is 3. The van der Waals surface area contributed by atoms with Gasteiger partial charge < -0.3 is 10.2 Å². The van der Waals surface area contributed by atoms with E-state index in [1.165, 1.54) is 17.5 Å². The molecule has 2 N–H and O–H groups in total. The molecule has 1 unspecified atom stereocenters. The fourth-order valence-electron chi connectivity index (χ4n) is 10.4. The summed E-state index contributed by atoms with van der Waals surface area (Å²) in [7, 11) is -1.35. The lowest BCUT2D eigenvalue weighted by Gasteiger charge is -2.53. The van der Waals surface area contributed by atoms with Crippen LogP contribution >= 0.6 is 0 Å². The first-order valence-electron chi connectivity index (χ1n) is 22.7. The van der Waals surface area contributed by atoms with Crippen LogP contribution in [0.15, 0.2) is 49.1 Å². The van der Waals surface area contributed by atoms with Crippen molar-refractivity contribution >= 4 is 10.8 Å². The number of aliphatic hydroxyl groups is 1. The lowest BCUT2D eigenvalue weighted by molar-refractivity contribution is -0.284. The molecule has 3 aromatic rings. The molecule has 8 nitrogen and oxygen atoms in total. The monoisotopic (exact) mass is 899 g/mol. The van der Waals surface area contributed by atoms with Crippen LogP contribution in [0, 0.1) is 45.8 Å². The molecular formula is C49H66F5N5O3S. The third-order valence-electron chi connectivity index (χ3n) is 14.4. The van der Waals surface area contributed by atoms with E-state index in [-0.39, 0.29) is 17.3 Å². The van der Waals surface area contributed by atoms with Crippen molar-refractivity contribution < 1.29 is 36.4 Å². The van der Waals surface area contributed by atoms with Crippen LogP contribution in [-0.2, 0) is 34.6 Å². The van der Waals surface area contributed by atoms with E-state index in [0.717, 1.165) is 93.7 Å². The van der Waals surface area contributed by atoms with Crippen molar-refractivity contribution in [1.29, 1.82) is 10.5 Å². The van der Waals surface area contributed by atoms with Crippen molar-refractivity contribution in [1.82, 2.24) is 14.8 Å². The third kappa shape index (κ3) is 12.5. The predicted molar refractivity (Wildman–Crippen MR) is 235 cm³/mol. The number of halogens is 5. The number of aliphatic hydroxyl groups excluding tert-OH is 1. The highest BCUT2D eigenvalue weighted by molar-refractivity contribution is 7.84. The van der Waals surface area contributed by atoms with E-state index in [4.69, 9.17) is 0 Å². The first kappa shape index (κ1) is 50.1. The molecule has 0 amide bonds. The van der Waals surface area contributed by atoms with Crippen LogP contribution in [0.2, 0.25) is 0 Å². The molecule has 2 aromatic carbocycles. The molecule has 7 atom stereocenters. The van der Waals surface area contributed by atoms with Gasteiger partial charge in [-0.1, -0.05) is 69.7 Å². The quantitative estimate of drug-likeness (QED) is 0.0958. The van der Waals surface area contributed by atoms with Gasteiger partial charge in [0.15, 0.2) is 0 Å². The summed E-state index contributed by atoms with van der Waals surface area (Å²) in [5.74, 6) is -1.91. The SMILES string of the molecule is CC(C)(C#N)c1cc(Cn2cncn2)cc(C(C)(C)C#N)c1.C[C@]12CC[C@@H]3c4ccc(O)cc4C[C@@H](CCCCCCCCCS(=O)CCCC(F)(F)C(F)(F)F)[C@H]3[C@@H]1CC[C@@H]2O. The van der Waals surface area contributed by atoms with Gasteiger partial charge >= 0.3 is 12.1 Å². The maximum Gasteiger partial charge on any atom is 0.453 e. The van der Waals surface area contributed by atoms with E-state index in [1.54, 1.807) is 11.0 Å². The molecule has 346 valence electrons. The largest absolute Gasteiger partial charge is 0.508 e. The van der Waals surface area contributed by atoms with Gasteiger partial charge in [-0.2, -0.15) is 37.6 Å². The van der Waals surface area contributed by atoms with Gasteiger partial charge in [-0.3, -0.25) is 4.21 Å². The first-order chi connectivity index (χ1) is 29.6. The highest BCUT2D eigenvalue weighted by atomic mass is 32.2. The molecule has 1 aromatic heterocycles. The molecule has 0 spiro atoms. The zero-order valence-electron chi connectivity index (χ0n) is 37.6. The van der Waals surface area contributed by atoms with Gasteiger partial charge in [-0.05, 0) is 148 Å². The molecule has 6 rings (SSSR count). The Kier molecular flexibility index (Phi) is 16.7. The summed E-state index contributed by atoms with van der Waals surface area (Å²) in [6.45, 7) is 10.4. The molecule has 63 heavy (non-hydrogen) atoms. The number of benzene rings is 2. The Balaban J connectivity index is 0.000000286. The number of phenols is 1. The minimum absolute atomic E-state index is 0.0195. The summed E-state index contributed by atoms with van der Waals surface area (Å²) < 4.78 is 76.2. The topological polar surface area (TPSA) is 136 Å². The van der Waals surface area contributed by atoms with Crippen LogP contribution in [0.1, 0.15) is 158 Å². The summed E-state index contributed by atoms with van der Waals surface area (Å²) >= 11 is 0. The van der Waals surface area contributed by atoms with E-state index in [9.17, 15) is 46.9 Å². The van der Waals surface area contributed by atoms with Crippen molar-refractivity contribution in [3.8, 4) is 17.9 Å². The second-order valence-corrected chi connectivity index (χ2v) is 21.4. The van der Waals surface area contributed by atoms with Crippen LogP contribution in [0.5, 0.6) is 5.75 Å². The molecule has 2 saturated carbocycles. The van der Waals surface area contributed by atoms with E-state index in [0.29, 0.717) is 48.1 Å². The molecule has 0 aliphatic heterocycles. The molecule has 3 aliphatic rings. The number of unbranched alkanes of at least 4 members (excludes halogenated alkanes) is 6. The molecule has 14 heteroatoms. The Hall–Kier alpha value is -3.88. The number of alkyl halides is 5. The minimum Gasteiger partial charge on any atom is -0.508 e. The van der Waals surface area contributed by atoms with Crippen LogP contribution in [0.3, 0.4) is 0 Å². The number of fused-ring (bicyclic) bond motifs is 5. The number of rotatable bonds is 18. The van der Waals surface area contributed by atoms with Gasteiger partial charge in [0.1, 0.15) is 18.4 Å². The van der Waals surface area contributed by atoms with Gasteiger partial charge in [0.25, 0.3) is 0 Å². The smallest absolute Gasteiger partial charge is 0.453 e. The number of nitriles is 2. The summed E-state index contributed by atoms with van der Waals surface area (Å²) in [4.78, 5) is 3.94. The standard InChI is InChI=1S/C32H47F5O3S.C17H19N5/c1-30-17-15-26-25-12-11-24(38)21-23(25)20-22(29(26)27(30)13-14-28(30)39)10-7-5-3-2-4-6-8-18-41(40)19-9-16-31(33,34)32(35,36)37;1-16(2,9-18)14-5-13(8-22-12-20-11-21-22)6-15(7-14)17(3,4)10-19/h11-12,21-22,26-29,38-39H,2-10,13-20H2,1H3;5-7,11-12H,8H2,1-4H3/t22-,26-,27+,28+,29-,30+,41?;/m1./s1. The highest BCUT2D eigenvalue weighted by Crippen LogP contribution is 2.62. The maximum absolute atomic E-state index is 13.0. The fraction of sp³-hybridized carbons (Fsp3) is 0.673. The number of aromatic hydroxyl groups is 1. The number of hydrogen-bond donors (Lipinski definition) is 2. The van der Waals surface area contributed by atoms with Crippen molar-refractivity contribution in [3.63, 3.8) is 0 Å². The Morgan fingerprint density at radius 1 is 0.857 bits per heavy atom. The second kappa shape index (κ2) is 21.0. The van der Waals surface area contributed by atoms with Crippen molar-refractivity contribution in [2.45, 2.75) is 172 Å². The van der Waals surface area contributed by atoms with Crippen molar-refractivity contribution in [2.75, 3.05) is 11.5 Å². The highest BCUT2D eigenvalue weighted by Gasteiger charge is 2.57. The maximum atomic E-state index is 13.0. The van der Waals surface area contributed by atoms with Crippen LogP contribution in [0.4, 0.5) is 22.0 Å². The van der Waals surface area contributed by atoms with E-state index in [1.807, 2.05) is 58.0 Å². The number of nitrogens with zero attached hydrogens (tertiary/aromatic N) is 5. The summed E-state index contributed by atoms with van der Waals surface area (Å²) in [6.07, 6.45) is 9.11. The summed E-state index contributed by atoms with van der Waals surface area (Å²) in [6, 6.07) is 16.5. The van der Waals surface area contributed by atoms with Crippen LogP contribution < -0.4 is 0 Å². The van der Waals surface area contributed by atoms with Crippen LogP contribution in [-0.4, -0.2) is 58.9 Å². The Bertz CT molecular complexity index is 2030. The van der Waals surface area contributed by atoms with E-state index < -0.39 is 46.6 Å². The zero-order valence-corrected chi connectivity index (χ0v) is 38.4. The average molecular weight is 900 g/mol. The molecular weight excluding hydrogens is 834 g/mol. The Morgan fingerprint density at radius 2 is 1.48 bits per heavy atom. The Labute approximate surface area is 373 Å². The molecule has 0 bridgehead atoms. The van der Waals surface area contributed by atoms with Gasteiger partial charge in [0.2, 0.25) is 0 Å². The van der Waals surface area contributed by atoms with Gasteiger partial charge in [0, 0.05) is 28.7 Å². The van der Waals surface area contributed by atoms with Crippen molar-refractivity contribution in [2.24, 2.45) is 23.2 Å². The molecule has 0 radical (unpaired) electrons. The number of phenolic OH excluding ortho intramolecular Hbond substituents is 1. The lowest BCUT2D eigenvalue weighted by atomic mass is 9.52.